The summed E-state index contributed by atoms with van der Waals surface area (Å²) in [6.07, 6.45) is 0. The molecule has 2 N–H and O–H groups in total. The number of β-amino-alcohol motifs (C(OH)–C–C–N with tert-alkyl or cyclic N) is 1. The van der Waals surface area contributed by atoms with Crippen LogP contribution in [0.15, 0.2) is 24.3 Å². The van der Waals surface area contributed by atoms with Crippen molar-refractivity contribution >= 4 is 5.91 Å². The number of morpholine rings is 1. The molecule has 1 aromatic carbocycles. The molecule has 1 unspecified atom stereocenters. The van der Waals surface area contributed by atoms with E-state index in [-0.39, 0.29) is 12.5 Å². The molecule has 0 aromatic heterocycles. The Balaban J connectivity index is 1.82. The van der Waals surface area contributed by atoms with E-state index >= 15 is 0 Å². The monoisotopic (exact) mass is 292 g/mol. The molecule has 0 aliphatic carbocycles. The molecular formula is C16H24N2O3. The fourth-order valence-corrected chi connectivity index (χ4v) is 2.37. The van der Waals surface area contributed by atoms with Gasteiger partial charge in [0.2, 0.25) is 0 Å². The molecule has 1 heterocycles. The van der Waals surface area contributed by atoms with Crippen molar-refractivity contribution in [3.8, 4) is 0 Å². The summed E-state index contributed by atoms with van der Waals surface area (Å²) in [5.41, 5.74) is 0.783. The van der Waals surface area contributed by atoms with Crippen molar-refractivity contribution in [2.24, 2.45) is 0 Å². The molecule has 1 saturated heterocycles. The average molecular weight is 292 g/mol. The zero-order valence-corrected chi connectivity index (χ0v) is 12.8. The topological polar surface area (TPSA) is 61.8 Å². The van der Waals surface area contributed by atoms with E-state index < -0.39 is 5.60 Å². The molecule has 1 aliphatic heterocycles. The van der Waals surface area contributed by atoms with Crippen molar-refractivity contribution in [1.82, 2.24) is 10.2 Å². The lowest BCUT2D eigenvalue weighted by Gasteiger charge is -2.33. The predicted octanol–water partition coefficient (Wildman–Crippen LogP) is 0.808. The minimum atomic E-state index is -0.947. The highest BCUT2D eigenvalue weighted by Crippen LogP contribution is 2.09. The number of rotatable bonds is 5. The molecule has 2 rings (SSSR count). The fraction of sp³-hybridized carbons (Fsp3) is 0.562. The molecule has 21 heavy (non-hydrogen) atoms. The Morgan fingerprint density at radius 2 is 1.95 bits per heavy atom. The first-order chi connectivity index (χ1) is 9.96. The summed E-state index contributed by atoms with van der Waals surface area (Å²) in [6, 6.07) is 7.39. The molecule has 1 atom stereocenters. The molecule has 5 heteroatoms. The number of nitrogens with one attached hydrogen (secondary N) is 1. The number of nitrogens with zero attached hydrogens (tertiary/aromatic N) is 1. The summed E-state index contributed by atoms with van der Waals surface area (Å²) in [7, 11) is 0. The summed E-state index contributed by atoms with van der Waals surface area (Å²) < 4.78 is 5.29. The van der Waals surface area contributed by atoms with Crippen LogP contribution in [-0.2, 0) is 4.74 Å². The van der Waals surface area contributed by atoms with Gasteiger partial charge in [-0.15, -0.1) is 0 Å². The van der Waals surface area contributed by atoms with E-state index in [1.54, 1.807) is 19.1 Å². The van der Waals surface area contributed by atoms with Gasteiger partial charge in [0, 0.05) is 31.7 Å². The van der Waals surface area contributed by atoms with Crippen LogP contribution in [0.5, 0.6) is 0 Å². The highest BCUT2D eigenvalue weighted by molar-refractivity contribution is 5.94. The van der Waals surface area contributed by atoms with Crippen LogP contribution >= 0.6 is 0 Å². The summed E-state index contributed by atoms with van der Waals surface area (Å²) in [6.45, 7) is 7.54. The van der Waals surface area contributed by atoms with Crippen molar-refractivity contribution in [2.75, 3.05) is 39.4 Å². The van der Waals surface area contributed by atoms with Gasteiger partial charge in [0.1, 0.15) is 0 Å². The molecule has 0 radical (unpaired) electrons. The standard InChI is InChI=1S/C16H24N2O3/c1-13-3-5-14(6-4-13)15(19)17-11-16(2,20)12-18-7-9-21-10-8-18/h3-6,20H,7-12H2,1-2H3,(H,17,19). The molecule has 1 fully saturated rings. The number of aliphatic hydroxyl groups is 1. The average Bonchev–Trinajstić information content (AvgIpc) is 2.46. The van der Waals surface area contributed by atoms with Crippen LogP contribution in [0.2, 0.25) is 0 Å². The lowest BCUT2D eigenvalue weighted by Crippen LogP contribution is -2.51. The molecule has 0 spiro atoms. The largest absolute Gasteiger partial charge is 0.387 e. The van der Waals surface area contributed by atoms with E-state index in [1.807, 2.05) is 19.1 Å². The molecule has 116 valence electrons. The van der Waals surface area contributed by atoms with Gasteiger partial charge < -0.3 is 15.2 Å². The van der Waals surface area contributed by atoms with Gasteiger partial charge in [0.05, 0.1) is 18.8 Å². The maximum atomic E-state index is 12.0. The van der Waals surface area contributed by atoms with Gasteiger partial charge in [-0.2, -0.15) is 0 Å². The summed E-state index contributed by atoms with van der Waals surface area (Å²) in [5, 5.41) is 13.2. The van der Waals surface area contributed by atoms with Crippen LogP contribution in [0.3, 0.4) is 0 Å². The van der Waals surface area contributed by atoms with E-state index in [2.05, 4.69) is 10.2 Å². The molecule has 1 amide bonds. The van der Waals surface area contributed by atoms with Crippen molar-refractivity contribution in [1.29, 1.82) is 0 Å². The van der Waals surface area contributed by atoms with Crippen LogP contribution < -0.4 is 5.32 Å². The first-order valence-electron chi connectivity index (χ1n) is 7.34. The van der Waals surface area contributed by atoms with Crippen molar-refractivity contribution in [2.45, 2.75) is 19.4 Å². The van der Waals surface area contributed by atoms with Gasteiger partial charge in [0.25, 0.3) is 5.91 Å². The summed E-state index contributed by atoms with van der Waals surface area (Å²) in [4.78, 5) is 14.2. The number of hydrogen-bond donors (Lipinski definition) is 2. The minimum absolute atomic E-state index is 0.155. The first kappa shape index (κ1) is 15.9. The summed E-state index contributed by atoms with van der Waals surface area (Å²) in [5.74, 6) is -0.155. The number of amides is 1. The van der Waals surface area contributed by atoms with Gasteiger partial charge in [0.15, 0.2) is 0 Å². The third-order valence-electron chi connectivity index (χ3n) is 3.61. The zero-order valence-electron chi connectivity index (χ0n) is 12.8. The third kappa shape index (κ3) is 5.12. The molecule has 5 nitrogen and oxygen atoms in total. The third-order valence-corrected chi connectivity index (χ3v) is 3.61. The van der Waals surface area contributed by atoms with Crippen LogP contribution in [0.4, 0.5) is 0 Å². The van der Waals surface area contributed by atoms with Gasteiger partial charge in [-0.25, -0.2) is 0 Å². The number of carbonyl (C=O) groups excluding carboxylic acids is 1. The van der Waals surface area contributed by atoms with Gasteiger partial charge in [-0.3, -0.25) is 9.69 Å². The van der Waals surface area contributed by atoms with Crippen LogP contribution in [0.25, 0.3) is 0 Å². The maximum Gasteiger partial charge on any atom is 0.251 e. The number of aryl methyl sites for hydroxylation is 1. The van der Waals surface area contributed by atoms with Crippen molar-refractivity contribution in [3.05, 3.63) is 35.4 Å². The second kappa shape index (κ2) is 7.02. The molecule has 1 aromatic rings. The van der Waals surface area contributed by atoms with E-state index in [1.165, 1.54) is 0 Å². The smallest absolute Gasteiger partial charge is 0.251 e. The van der Waals surface area contributed by atoms with Gasteiger partial charge in [-0.05, 0) is 26.0 Å². The Hall–Kier alpha value is -1.43. The molecule has 1 aliphatic rings. The first-order valence-corrected chi connectivity index (χ1v) is 7.34. The van der Waals surface area contributed by atoms with Crippen LogP contribution in [-0.4, -0.2) is 60.9 Å². The Morgan fingerprint density at radius 3 is 2.57 bits per heavy atom. The fourth-order valence-electron chi connectivity index (χ4n) is 2.37. The predicted molar refractivity (Wildman–Crippen MR) is 81.4 cm³/mol. The van der Waals surface area contributed by atoms with Crippen LogP contribution in [0.1, 0.15) is 22.8 Å². The van der Waals surface area contributed by atoms with Gasteiger partial charge in [-0.1, -0.05) is 17.7 Å². The maximum absolute atomic E-state index is 12.0. The number of ether oxygens (including phenoxy) is 1. The van der Waals surface area contributed by atoms with E-state index in [9.17, 15) is 9.90 Å². The summed E-state index contributed by atoms with van der Waals surface area (Å²) >= 11 is 0. The highest BCUT2D eigenvalue weighted by Gasteiger charge is 2.25. The second-order valence-corrected chi connectivity index (χ2v) is 5.93. The number of carbonyl (C=O) groups is 1. The highest BCUT2D eigenvalue weighted by atomic mass is 16.5. The van der Waals surface area contributed by atoms with E-state index in [4.69, 9.17) is 4.74 Å². The SMILES string of the molecule is Cc1ccc(C(=O)NCC(C)(O)CN2CCOCC2)cc1. The van der Waals surface area contributed by atoms with E-state index in [0.29, 0.717) is 25.3 Å². The van der Waals surface area contributed by atoms with Gasteiger partial charge >= 0.3 is 0 Å². The van der Waals surface area contributed by atoms with Crippen molar-refractivity contribution in [3.63, 3.8) is 0 Å². The van der Waals surface area contributed by atoms with Crippen molar-refractivity contribution < 1.29 is 14.6 Å². The minimum Gasteiger partial charge on any atom is -0.387 e. The lowest BCUT2D eigenvalue weighted by atomic mass is 10.1. The molecular weight excluding hydrogens is 268 g/mol. The zero-order chi connectivity index (χ0) is 15.3. The van der Waals surface area contributed by atoms with E-state index in [0.717, 1.165) is 18.7 Å². The van der Waals surface area contributed by atoms with Crippen LogP contribution in [0, 0.1) is 6.92 Å². The number of hydrogen-bond acceptors (Lipinski definition) is 4. The second-order valence-electron chi connectivity index (χ2n) is 5.93. The lowest BCUT2D eigenvalue weighted by molar-refractivity contribution is -0.0213. The Labute approximate surface area is 125 Å². The normalized spacial score (nSPS) is 19.0. The molecule has 0 saturated carbocycles. The number of benzene rings is 1. The molecule has 0 bridgehead atoms. The Morgan fingerprint density at radius 1 is 1.33 bits per heavy atom. The Bertz CT molecular complexity index is 465. The quantitative estimate of drug-likeness (QED) is 0.843. The Kier molecular flexibility index (Phi) is 5.33.